The number of hydrogen-bond acceptors (Lipinski definition) is 5. The Kier molecular flexibility index (Phi) is 6.39. The fraction of sp³-hybridized carbons (Fsp3) is 0.190. The van der Waals surface area contributed by atoms with Crippen molar-refractivity contribution in [3.8, 4) is 0 Å². The van der Waals surface area contributed by atoms with Gasteiger partial charge >= 0.3 is 5.97 Å². The first-order valence-electron chi connectivity index (χ1n) is 8.93. The SMILES string of the molecule is CCc1ccccc1CNc1ccc(C(=O)Nc2nc(CC(=O)O)cs2)cc1. The first kappa shape index (κ1) is 19.6. The molecular formula is C21H21N3O3S. The normalized spacial score (nSPS) is 10.5. The molecule has 0 bridgehead atoms. The molecule has 0 aliphatic rings. The molecule has 6 nitrogen and oxygen atoms in total. The third kappa shape index (κ3) is 5.17. The summed E-state index contributed by atoms with van der Waals surface area (Å²) in [6.07, 6.45) is 0.829. The van der Waals surface area contributed by atoms with Crippen LogP contribution >= 0.6 is 11.3 Å². The lowest BCUT2D eigenvalue weighted by Crippen LogP contribution is -2.12. The Hall–Kier alpha value is -3.19. The molecule has 1 heterocycles. The number of anilines is 2. The molecule has 0 aliphatic heterocycles. The lowest BCUT2D eigenvalue weighted by molar-refractivity contribution is -0.136. The number of amides is 1. The van der Waals surface area contributed by atoms with E-state index >= 15 is 0 Å². The van der Waals surface area contributed by atoms with Crippen LogP contribution in [0.4, 0.5) is 10.8 Å². The van der Waals surface area contributed by atoms with Crippen LogP contribution in [0.3, 0.4) is 0 Å². The van der Waals surface area contributed by atoms with Gasteiger partial charge < -0.3 is 10.4 Å². The number of aryl methyl sites for hydroxylation is 1. The van der Waals surface area contributed by atoms with Crippen LogP contribution in [-0.4, -0.2) is 22.0 Å². The van der Waals surface area contributed by atoms with Crippen LogP contribution in [-0.2, 0) is 24.2 Å². The zero-order valence-corrected chi connectivity index (χ0v) is 16.3. The Morgan fingerprint density at radius 1 is 1.07 bits per heavy atom. The third-order valence-corrected chi connectivity index (χ3v) is 5.04. The summed E-state index contributed by atoms with van der Waals surface area (Å²) in [5.74, 6) is -1.23. The molecule has 28 heavy (non-hydrogen) atoms. The Morgan fingerprint density at radius 3 is 2.46 bits per heavy atom. The van der Waals surface area contributed by atoms with Crippen molar-refractivity contribution in [3.05, 3.63) is 76.3 Å². The van der Waals surface area contributed by atoms with E-state index in [0.29, 0.717) is 16.4 Å². The molecule has 7 heteroatoms. The highest BCUT2D eigenvalue weighted by atomic mass is 32.1. The van der Waals surface area contributed by atoms with Crippen LogP contribution < -0.4 is 10.6 Å². The van der Waals surface area contributed by atoms with Crippen molar-refractivity contribution in [1.29, 1.82) is 0 Å². The Balaban J connectivity index is 1.58. The number of carboxylic acid groups (broad SMARTS) is 1. The van der Waals surface area contributed by atoms with Crippen LogP contribution in [0, 0.1) is 0 Å². The summed E-state index contributed by atoms with van der Waals surface area (Å²) in [5.41, 5.74) is 4.44. The highest BCUT2D eigenvalue weighted by Gasteiger charge is 2.11. The van der Waals surface area contributed by atoms with Gasteiger partial charge in [-0.2, -0.15) is 0 Å². The molecule has 0 aliphatic carbocycles. The van der Waals surface area contributed by atoms with Gasteiger partial charge in [0.1, 0.15) is 0 Å². The quantitative estimate of drug-likeness (QED) is 0.532. The van der Waals surface area contributed by atoms with Crippen LogP contribution in [0.5, 0.6) is 0 Å². The maximum atomic E-state index is 12.3. The van der Waals surface area contributed by atoms with Crippen LogP contribution in [0.25, 0.3) is 0 Å². The van der Waals surface area contributed by atoms with E-state index in [0.717, 1.165) is 18.7 Å². The van der Waals surface area contributed by atoms with Crippen molar-refractivity contribution >= 4 is 34.0 Å². The number of aliphatic carboxylic acids is 1. The van der Waals surface area contributed by atoms with Gasteiger partial charge in [0.2, 0.25) is 0 Å². The van der Waals surface area contributed by atoms with E-state index in [1.54, 1.807) is 17.5 Å². The van der Waals surface area contributed by atoms with Crippen molar-refractivity contribution < 1.29 is 14.7 Å². The van der Waals surface area contributed by atoms with Crippen molar-refractivity contribution in [2.45, 2.75) is 26.3 Å². The van der Waals surface area contributed by atoms with Gasteiger partial charge in [0, 0.05) is 23.2 Å². The highest BCUT2D eigenvalue weighted by molar-refractivity contribution is 7.14. The smallest absolute Gasteiger partial charge is 0.309 e. The predicted molar refractivity (Wildman–Crippen MR) is 111 cm³/mol. The second-order valence-electron chi connectivity index (χ2n) is 6.22. The fourth-order valence-corrected chi connectivity index (χ4v) is 3.49. The van der Waals surface area contributed by atoms with E-state index in [1.807, 2.05) is 24.3 Å². The Bertz CT molecular complexity index is 967. The zero-order valence-electron chi connectivity index (χ0n) is 15.4. The summed E-state index contributed by atoms with van der Waals surface area (Å²) in [6.45, 7) is 2.86. The standard InChI is InChI=1S/C21H21N3O3S/c1-2-14-5-3-4-6-16(14)12-22-17-9-7-15(8-10-17)20(27)24-21-23-18(13-28-21)11-19(25)26/h3-10,13,22H,2,11-12H2,1H3,(H,25,26)(H,23,24,27). The van der Waals surface area contributed by atoms with E-state index in [-0.39, 0.29) is 12.3 Å². The zero-order chi connectivity index (χ0) is 19.9. The molecule has 1 amide bonds. The average molecular weight is 395 g/mol. The van der Waals surface area contributed by atoms with Gasteiger partial charge in [0.15, 0.2) is 5.13 Å². The number of nitrogens with zero attached hydrogens (tertiary/aromatic N) is 1. The maximum absolute atomic E-state index is 12.3. The molecule has 0 atom stereocenters. The largest absolute Gasteiger partial charge is 0.481 e. The summed E-state index contributed by atoms with van der Waals surface area (Å²) in [5, 5.41) is 16.9. The van der Waals surface area contributed by atoms with E-state index in [1.165, 1.54) is 22.5 Å². The lowest BCUT2D eigenvalue weighted by Gasteiger charge is -2.11. The number of aromatic nitrogens is 1. The number of rotatable bonds is 8. The number of thiazole rings is 1. The van der Waals surface area contributed by atoms with Crippen molar-refractivity contribution in [2.24, 2.45) is 0 Å². The van der Waals surface area contributed by atoms with Crippen molar-refractivity contribution in [1.82, 2.24) is 4.98 Å². The van der Waals surface area contributed by atoms with Gasteiger partial charge in [-0.25, -0.2) is 4.98 Å². The molecule has 0 unspecified atom stereocenters. The average Bonchev–Trinajstić information content (AvgIpc) is 3.12. The lowest BCUT2D eigenvalue weighted by atomic mass is 10.1. The van der Waals surface area contributed by atoms with E-state index < -0.39 is 5.97 Å². The number of hydrogen-bond donors (Lipinski definition) is 3. The van der Waals surface area contributed by atoms with E-state index in [9.17, 15) is 9.59 Å². The summed E-state index contributed by atoms with van der Waals surface area (Å²) in [6, 6.07) is 15.5. The molecule has 3 N–H and O–H groups in total. The molecule has 2 aromatic carbocycles. The summed E-state index contributed by atoms with van der Waals surface area (Å²) in [4.78, 5) is 27.1. The van der Waals surface area contributed by atoms with Gasteiger partial charge in [0.25, 0.3) is 5.91 Å². The van der Waals surface area contributed by atoms with Crippen molar-refractivity contribution in [2.75, 3.05) is 10.6 Å². The molecule has 0 fully saturated rings. The number of carbonyl (C=O) groups is 2. The molecule has 0 spiro atoms. The van der Waals surface area contributed by atoms with Gasteiger partial charge in [-0.3, -0.25) is 14.9 Å². The monoisotopic (exact) mass is 395 g/mol. The molecule has 1 aromatic heterocycles. The topological polar surface area (TPSA) is 91.3 Å². The predicted octanol–water partition coefficient (Wildman–Crippen LogP) is 4.20. The Labute approximate surface area is 167 Å². The van der Waals surface area contributed by atoms with Crippen LogP contribution in [0.15, 0.2) is 53.9 Å². The van der Waals surface area contributed by atoms with Gasteiger partial charge in [-0.05, 0) is 41.8 Å². The molecule has 3 rings (SSSR count). The van der Waals surface area contributed by atoms with Crippen LogP contribution in [0.1, 0.15) is 34.1 Å². The molecular weight excluding hydrogens is 374 g/mol. The maximum Gasteiger partial charge on any atom is 0.309 e. The van der Waals surface area contributed by atoms with Crippen molar-refractivity contribution in [3.63, 3.8) is 0 Å². The minimum absolute atomic E-state index is 0.159. The molecule has 0 saturated carbocycles. The third-order valence-electron chi connectivity index (χ3n) is 4.23. The molecule has 0 radical (unpaired) electrons. The van der Waals surface area contributed by atoms with E-state index in [2.05, 4.69) is 34.7 Å². The molecule has 3 aromatic rings. The number of benzene rings is 2. The van der Waals surface area contributed by atoms with Gasteiger partial charge in [-0.15, -0.1) is 11.3 Å². The second-order valence-corrected chi connectivity index (χ2v) is 7.08. The number of carbonyl (C=O) groups excluding carboxylic acids is 1. The molecule has 144 valence electrons. The van der Waals surface area contributed by atoms with Gasteiger partial charge in [0.05, 0.1) is 12.1 Å². The molecule has 0 saturated heterocycles. The fourth-order valence-electron chi connectivity index (χ4n) is 2.78. The summed E-state index contributed by atoms with van der Waals surface area (Å²) < 4.78 is 0. The highest BCUT2D eigenvalue weighted by Crippen LogP contribution is 2.18. The summed E-state index contributed by atoms with van der Waals surface area (Å²) in [7, 11) is 0. The second kappa shape index (κ2) is 9.14. The first-order valence-corrected chi connectivity index (χ1v) is 9.81. The van der Waals surface area contributed by atoms with Gasteiger partial charge in [-0.1, -0.05) is 31.2 Å². The first-order chi connectivity index (χ1) is 13.5. The summed E-state index contributed by atoms with van der Waals surface area (Å²) >= 11 is 1.21. The van der Waals surface area contributed by atoms with E-state index in [4.69, 9.17) is 5.11 Å². The number of carboxylic acids is 1. The Morgan fingerprint density at radius 2 is 1.79 bits per heavy atom. The van der Waals surface area contributed by atoms with Crippen LogP contribution in [0.2, 0.25) is 0 Å². The minimum atomic E-state index is -0.951. The number of nitrogens with one attached hydrogen (secondary N) is 2. The minimum Gasteiger partial charge on any atom is -0.481 e.